The summed E-state index contributed by atoms with van der Waals surface area (Å²) in [5.74, 6) is -1.52. The maximum atomic E-state index is 14.0. The number of rotatable bonds is 25. The van der Waals surface area contributed by atoms with Gasteiger partial charge in [0.05, 0.1) is 52.8 Å². The lowest BCUT2D eigenvalue weighted by Crippen LogP contribution is -2.53. The Hall–Kier alpha value is -5.61. The fourth-order valence-electron chi connectivity index (χ4n) is 10.4. The molecule has 0 spiro atoms. The Morgan fingerprint density at radius 3 is 2.46 bits per heavy atom. The number of pyridine rings is 2. The van der Waals surface area contributed by atoms with Gasteiger partial charge in [-0.05, 0) is 178 Å². The molecular formula is C56H81N7O9. The number of carbonyl (C=O) groups excluding carboxylic acids is 5. The fourth-order valence-corrected chi connectivity index (χ4v) is 10.4. The summed E-state index contributed by atoms with van der Waals surface area (Å²) in [6.45, 7) is 19.8. The van der Waals surface area contributed by atoms with Crippen LogP contribution in [0.15, 0.2) is 29.3 Å². The molecule has 0 fully saturated rings. The van der Waals surface area contributed by atoms with Crippen LogP contribution < -0.4 is 32.6 Å². The van der Waals surface area contributed by atoms with Crippen molar-refractivity contribution in [2.24, 2.45) is 11.7 Å². The molecule has 72 heavy (non-hydrogen) atoms. The van der Waals surface area contributed by atoms with E-state index in [1.54, 1.807) is 10.6 Å². The second-order valence-corrected chi connectivity index (χ2v) is 21.6. The number of nitrogens with one attached hydrogen (secondary N) is 4. The number of nitrogens with two attached hydrogens (primary N) is 1. The Kier molecular flexibility index (Phi) is 19.2. The molecule has 3 aliphatic rings. The Morgan fingerprint density at radius 1 is 0.958 bits per heavy atom. The molecule has 4 amide bonds. The van der Waals surface area contributed by atoms with Gasteiger partial charge in [0.1, 0.15) is 12.6 Å². The minimum absolute atomic E-state index is 0.0426. The summed E-state index contributed by atoms with van der Waals surface area (Å²) in [4.78, 5) is 85.3. The van der Waals surface area contributed by atoms with Gasteiger partial charge in [0.15, 0.2) is 0 Å². The van der Waals surface area contributed by atoms with E-state index in [-0.39, 0.29) is 53.9 Å². The first kappa shape index (κ1) is 55.7. The Balaban J connectivity index is 1.02. The van der Waals surface area contributed by atoms with Crippen molar-refractivity contribution in [1.82, 2.24) is 30.8 Å². The van der Waals surface area contributed by atoms with Crippen LogP contribution >= 0.6 is 0 Å². The second kappa shape index (κ2) is 24.9. The zero-order valence-corrected chi connectivity index (χ0v) is 44.4. The molecule has 0 saturated carbocycles. The predicted octanol–water partition coefficient (Wildman–Crippen LogP) is 8.41. The summed E-state index contributed by atoms with van der Waals surface area (Å²) in [6.07, 6.45) is 12.1. The minimum atomic E-state index is -0.704. The molecular weight excluding hydrogens is 915 g/mol. The van der Waals surface area contributed by atoms with Crippen LogP contribution in [0.4, 0.5) is 4.79 Å². The number of esters is 1. The fraction of sp³-hybridized carbons (Fsp3) is 0.625. The van der Waals surface area contributed by atoms with Gasteiger partial charge < -0.3 is 45.8 Å². The molecule has 2 aromatic heterocycles. The molecule has 0 radical (unpaired) electrons. The number of hydrogen-bond acceptors (Lipinski definition) is 11. The molecule has 4 atom stereocenters. The number of cyclic esters (lactones) is 1. The highest BCUT2D eigenvalue weighted by Crippen LogP contribution is 2.45. The molecule has 6 N–H and O–H groups in total. The average Bonchev–Trinajstić information content (AvgIpc) is 3.69. The first-order valence-corrected chi connectivity index (χ1v) is 26.5. The minimum Gasteiger partial charge on any atom is -0.460 e. The highest BCUT2D eigenvalue weighted by molar-refractivity contribution is 5.94. The summed E-state index contributed by atoms with van der Waals surface area (Å²) in [5, 5.41) is 13.3. The number of allylic oxidation sites excluding steroid dienone is 1. The van der Waals surface area contributed by atoms with Crippen LogP contribution in [-0.2, 0) is 53.0 Å². The molecule has 16 heteroatoms. The van der Waals surface area contributed by atoms with Gasteiger partial charge in [-0.1, -0.05) is 26.7 Å². The standard InChI is InChI=1S/C56H81N7O9/c1-10-19-36(50(65)58-27-17-14-21-43(59-46(64)22-13-12-16-26-57)51(66)62-56(8,9)25-29-72-55(5,6)7)20-15-18-28-70-54(69)61-42-24-23-38-35(4)34(3)30-44-47(38)48(42)40-32-63-45(49(40)60-44)31-39-37(11-2)53(68)71-33-41(39)52(63)67/h18,28,30-31,36-37,42-43H,10-17,19-27,29,32-33,57H2,1-9H3,(H,58,65)(H,59,64)(H,61,69)(H,62,66)/b28-18+. The second-order valence-electron chi connectivity index (χ2n) is 21.6. The van der Waals surface area contributed by atoms with Gasteiger partial charge in [0, 0.05) is 42.0 Å². The summed E-state index contributed by atoms with van der Waals surface area (Å²) in [6, 6.07) is 2.91. The van der Waals surface area contributed by atoms with Crippen molar-refractivity contribution in [2.75, 3.05) is 19.7 Å². The SMILES string of the molecule is CCCC(CC/C=C/OC(=O)NC1CCc2c(C)c(C)cc3nc4c(c1c23)Cn1c-4cc2c(c1=O)COC(=O)C2CC)C(=O)NCCCCC(NC(=O)CCCCCN)C(=O)NC(C)(C)CCOC(C)(C)C. The Bertz CT molecular complexity index is 2560. The van der Waals surface area contributed by atoms with Gasteiger partial charge in [-0.25, -0.2) is 9.78 Å². The number of benzene rings is 1. The smallest absolute Gasteiger partial charge is 0.412 e. The molecule has 1 aliphatic carbocycles. The van der Waals surface area contributed by atoms with Gasteiger partial charge in [-0.3, -0.25) is 24.0 Å². The predicted molar refractivity (Wildman–Crippen MR) is 279 cm³/mol. The number of alkyl carbamates (subject to hydrolysis) is 1. The van der Waals surface area contributed by atoms with Crippen molar-refractivity contribution in [2.45, 2.75) is 201 Å². The van der Waals surface area contributed by atoms with Crippen LogP contribution in [0.2, 0.25) is 0 Å². The molecule has 4 heterocycles. The monoisotopic (exact) mass is 996 g/mol. The van der Waals surface area contributed by atoms with Crippen LogP contribution in [0.3, 0.4) is 0 Å². The van der Waals surface area contributed by atoms with Crippen molar-refractivity contribution in [3.63, 3.8) is 0 Å². The van der Waals surface area contributed by atoms with Crippen molar-refractivity contribution in [1.29, 1.82) is 0 Å². The van der Waals surface area contributed by atoms with Gasteiger partial charge in [0.25, 0.3) is 5.56 Å². The van der Waals surface area contributed by atoms with E-state index < -0.39 is 29.6 Å². The van der Waals surface area contributed by atoms with Crippen LogP contribution in [-0.4, -0.2) is 76.2 Å². The first-order chi connectivity index (χ1) is 34.3. The van der Waals surface area contributed by atoms with Gasteiger partial charge in [-0.2, -0.15) is 0 Å². The summed E-state index contributed by atoms with van der Waals surface area (Å²) in [7, 11) is 0. The highest BCUT2D eigenvalue weighted by Gasteiger charge is 2.38. The molecule has 6 rings (SSSR count). The number of aromatic nitrogens is 2. The van der Waals surface area contributed by atoms with Crippen LogP contribution in [0, 0.1) is 19.8 Å². The van der Waals surface area contributed by atoms with Gasteiger partial charge in [0.2, 0.25) is 17.7 Å². The molecule has 4 unspecified atom stereocenters. The summed E-state index contributed by atoms with van der Waals surface area (Å²) in [5.41, 5.74) is 13.3. The lowest BCUT2D eigenvalue weighted by atomic mass is 9.81. The topological polar surface area (TPSA) is 222 Å². The number of fused-ring (bicyclic) bond motifs is 5. The van der Waals surface area contributed by atoms with Crippen molar-refractivity contribution in [3.8, 4) is 11.4 Å². The number of nitrogens with zero attached hydrogens (tertiary/aromatic N) is 2. The summed E-state index contributed by atoms with van der Waals surface area (Å²) < 4.78 is 18.6. The third kappa shape index (κ3) is 13.9. The highest BCUT2D eigenvalue weighted by atomic mass is 16.5. The van der Waals surface area contributed by atoms with Crippen LogP contribution in [0.5, 0.6) is 0 Å². The van der Waals surface area contributed by atoms with Crippen LogP contribution in [0.1, 0.15) is 189 Å². The molecule has 1 aromatic carbocycles. The van der Waals surface area contributed by atoms with E-state index >= 15 is 0 Å². The maximum Gasteiger partial charge on any atom is 0.412 e. The van der Waals surface area contributed by atoms with E-state index in [0.29, 0.717) is 113 Å². The van der Waals surface area contributed by atoms with E-state index in [4.69, 9.17) is 24.9 Å². The molecule has 394 valence electrons. The molecule has 2 aliphatic heterocycles. The third-order valence-electron chi connectivity index (χ3n) is 14.5. The quantitative estimate of drug-likeness (QED) is 0.0241. The maximum absolute atomic E-state index is 14.0. The number of aryl methyl sites for hydroxylation is 2. The number of unbranched alkanes of at least 4 members (excludes halogenated alkanes) is 3. The van der Waals surface area contributed by atoms with E-state index in [2.05, 4.69) is 41.2 Å². The zero-order chi connectivity index (χ0) is 52.3. The lowest BCUT2D eigenvalue weighted by molar-refractivity contribution is -0.148. The molecule has 0 bridgehead atoms. The number of hydrogen-bond donors (Lipinski definition) is 5. The third-order valence-corrected chi connectivity index (χ3v) is 14.5. The largest absolute Gasteiger partial charge is 0.460 e. The Morgan fingerprint density at radius 2 is 1.74 bits per heavy atom. The molecule has 16 nitrogen and oxygen atoms in total. The zero-order valence-electron chi connectivity index (χ0n) is 44.4. The van der Waals surface area contributed by atoms with Crippen molar-refractivity contribution in [3.05, 3.63) is 73.8 Å². The van der Waals surface area contributed by atoms with Gasteiger partial charge >= 0.3 is 12.1 Å². The Labute approximate surface area is 425 Å². The molecule has 3 aromatic rings. The van der Waals surface area contributed by atoms with E-state index in [0.717, 1.165) is 53.3 Å². The van der Waals surface area contributed by atoms with E-state index in [9.17, 15) is 28.8 Å². The van der Waals surface area contributed by atoms with Crippen LogP contribution in [0.25, 0.3) is 22.3 Å². The van der Waals surface area contributed by atoms with E-state index in [1.165, 1.54) is 17.4 Å². The molecule has 0 saturated heterocycles. The van der Waals surface area contributed by atoms with E-state index in [1.807, 2.05) is 54.5 Å². The number of amides is 4. The number of carbonyl (C=O) groups is 5. The van der Waals surface area contributed by atoms with Gasteiger partial charge in [-0.15, -0.1) is 0 Å². The lowest BCUT2D eigenvalue weighted by Gasteiger charge is -2.30. The van der Waals surface area contributed by atoms with Crippen molar-refractivity contribution >= 4 is 40.7 Å². The normalized spacial score (nSPS) is 16.9. The summed E-state index contributed by atoms with van der Waals surface area (Å²) >= 11 is 0. The average molecular weight is 996 g/mol. The van der Waals surface area contributed by atoms with Crippen molar-refractivity contribution < 1.29 is 38.2 Å². The first-order valence-electron chi connectivity index (χ1n) is 26.5. The number of ether oxygens (including phenoxy) is 3.